The van der Waals surface area contributed by atoms with Crippen LogP contribution in [-0.4, -0.2) is 46.0 Å². The number of ether oxygens (including phenoxy) is 4. The van der Waals surface area contributed by atoms with Crippen molar-refractivity contribution in [1.82, 2.24) is 0 Å². The van der Waals surface area contributed by atoms with Crippen molar-refractivity contribution in [3.05, 3.63) is 66.2 Å². The highest BCUT2D eigenvalue weighted by Crippen LogP contribution is 2.31. The zero-order valence-corrected chi connectivity index (χ0v) is 20.2. The summed E-state index contributed by atoms with van der Waals surface area (Å²) in [7, 11) is 6.08. The number of carbonyl (C=O) groups is 2. The molecule has 3 aromatic rings. The molecule has 3 aromatic carbocycles. The van der Waals surface area contributed by atoms with Gasteiger partial charge < -0.3 is 29.6 Å². The second-order valence-electron chi connectivity index (χ2n) is 6.92. The Morgan fingerprint density at radius 3 is 2.09 bits per heavy atom. The molecule has 0 aliphatic rings. The lowest BCUT2D eigenvalue weighted by molar-refractivity contribution is -0.113. The Morgan fingerprint density at radius 1 is 0.765 bits per heavy atom. The summed E-state index contributed by atoms with van der Waals surface area (Å²) in [4.78, 5) is 26.2. The van der Waals surface area contributed by atoms with Crippen LogP contribution in [0.3, 0.4) is 0 Å². The standard InChI is InChI=1S/C25H26N2O6S/c1-30-17-11-12-19(22(14-17)33-4)27-23(28)15-34-18-8-5-7-16(13-18)26-25(29)24-20(31-2)9-6-10-21(24)32-3/h5-14H,15H2,1-4H3,(H,26,29)(H,27,28). The van der Waals surface area contributed by atoms with Gasteiger partial charge in [0, 0.05) is 16.6 Å². The minimum atomic E-state index is -0.360. The van der Waals surface area contributed by atoms with Crippen LogP contribution in [0.5, 0.6) is 23.0 Å². The van der Waals surface area contributed by atoms with Crippen molar-refractivity contribution >= 4 is 35.0 Å². The summed E-state index contributed by atoms with van der Waals surface area (Å²) < 4.78 is 21.1. The Labute approximate surface area is 202 Å². The molecule has 9 heteroatoms. The quantitative estimate of drug-likeness (QED) is 0.404. The van der Waals surface area contributed by atoms with Crippen molar-refractivity contribution in [3.63, 3.8) is 0 Å². The van der Waals surface area contributed by atoms with Crippen molar-refractivity contribution in [2.75, 3.05) is 44.8 Å². The molecule has 8 nitrogen and oxygen atoms in total. The molecule has 2 N–H and O–H groups in total. The average Bonchev–Trinajstić information content (AvgIpc) is 2.87. The zero-order valence-electron chi connectivity index (χ0n) is 19.3. The Kier molecular flexibility index (Phi) is 8.64. The third-order valence-corrected chi connectivity index (χ3v) is 5.79. The third kappa shape index (κ3) is 6.14. The number of hydrogen-bond donors (Lipinski definition) is 2. The van der Waals surface area contributed by atoms with Gasteiger partial charge in [0.25, 0.3) is 5.91 Å². The van der Waals surface area contributed by atoms with E-state index in [9.17, 15) is 9.59 Å². The maximum atomic E-state index is 12.9. The first-order valence-electron chi connectivity index (χ1n) is 10.3. The molecule has 0 aliphatic heterocycles. The lowest BCUT2D eigenvalue weighted by atomic mass is 10.1. The molecule has 2 amide bonds. The normalized spacial score (nSPS) is 10.2. The van der Waals surface area contributed by atoms with Crippen molar-refractivity contribution in [1.29, 1.82) is 0 Å². The summed E-state index contributed by atoms with van der Waals surface area (Å²) in [5.74, 6) is 1.58. The first kappa shape index (κ1) is 24.8. The van der Waals surface area contributed by atoms with Gasteiger partial charge in [0.1, 0.15) is 28.6 Å². The van der Waals surface area contributed by atoms with E-state index >= 15 is 0 Å². The molecule has 0 heterocycles. The average molecular weight is 483 g/mol. The van der Waals surface area contributed by atoms with Crippen molar-refractivity contribution < 1.29 is 28.5 Å². The highest BCUT2D eigenvalue weighted by atomic mass is 32.2. The summed E-state index contributed by atoms with van der Waals surface area (Å²) in [6.45, 7) is 0. The van der Waals surface area contributed by atoms with E-state index in [-0.39, 0.29) is 17.6 Å². The van der Waals surface area contributed by atoms with Crippen molar-refractivity contribution in [3.8, 4) is 23.0 Å². The van der Waals surface area contributed by atoms with Gasteiger partial charge in [0.05, 0.1) is 39.9 Å². The van der Waals surface area contributed by atoms with Gasteiger partial charge in [-0.1, -0.05) is 12.1 Å². The number of anilines is 2. The van der Waals surface area contributed by atoms with Gasteiger partial charge in [-0.15, -0.1) is 11.8 Å². The van der Waals surface area contributed by atoms with E-state index in [0.717, 1.165) is 4.90 Å². The molecule has 0 aliphatic carbocycles. The van der Waals surface area contributed by atoms with E-state index in [1.54, 1.807) is 55.6 Å². The number of hydrogen-bond acceptors (Lipinski definition) is 7. The molecule has 0 saturated carbocycles. The molecular formula is C25H26N2O6S. The van der Waals surface area contributed by atoms with Gasteiger partial charge >= 0.3 is 0 Å². The summed E-state index contributed by atoms with van der Waals surface area (Å²) in [5.41, 5.74) is 1.44. The summed E-state index contributed by atoms with van der Waals surface area (Å²) in [6.07, 6.45) is 0. The largest absolute Gasteiger partial charge is 0.497 e. The number of thioether (sulfide) groups is 1. The van der Waals surface area contributed by atoms with Crippen LogP contribution in [-0.2, 0) is 4.79 Å². The Morgan fingerprint density at radius 2 is 1.44 bits per heavy atom. The monoisotopic (exact) mass is 482 g/mol. The Balaban J connectivity index is 1.64. The molecule has 0 aromatic heterocycles. The van der Waals surface area contributed by atoms with Gasteiger partial charge in [-0.3, -0.25) is 9.59 Å². The molecular weight excluding hydrogens is 456 g/mol. The van der Waals surface area contributed by atoms with Crippen LogP contribution in [0.2, 0.25) is 0 Å². The first-order valence-corrected chi connectivity index (χ1v) is 11.2. The van der Waals surface area contributed by atoms with Crippen LogP contribution in [0.25, 0.3) is 0 Å². The fourth-order valence-electron chi connectivity index (χ4n) is 3.17. The van der Waals surface area contributed by atoms with Crippen LogP contribution >= 0.6 is 11.8 Å². The fourth-order valence-corrected chi connectivity index (χ4v) is 3.92. The summed E-state index contributed by atoms with van der Waals surface area (Å²) in [6, 6.07) is 17.5. The van der Waals surface area contributed by atoms with E-state index in [0.29, 0.717) is 39.9 Å². The molecule has 3 rings (SSSR count). The number of carbonyl (C=O) groups excluding carboxylic acids is 2. The SMILES string of the molecule is COc1ccc(NC(=O)CSc2cccc(NC(=O)c3c(OC)cccc3OC)c2)c(OC)c1. The summed E-state index contributed by atoms with van der Waals surface area (Å²) >= 11 is 1.34. The van der Waals surface area contributed by atoms with Crippen LogP contribution in [0.1, 0.15) is 10.4 Å². The van der Waals surface area contributed by atoms with Crippen molar-refractivity contribution in [2.45, 2.75) is 4.90 Å². The minimum Gasteiger partial charge on any atom is -0.497 e. The molecule has 0 unspecified atom stereocenters. The maximum Gasteiger partial charge on any atom is 0.263 e. The zero-order chi connectivity index (χ0) is 24.5. The molecule has 0 atom stereocenters. The number of rotatable bonds is 10. The molecule has 0 bridgehead atoms. The molecule has 0 radical (unpaired) electrons. The molecule has 0 fully saturated rings. The predicted octanol–water partition coefficient (Wildman–Crippen LogP) is 4.70. The lowest BCUT2D eigenvalue weighted by Gasteiger charge is -2.13. The summed E-state index contributed by atoms with van der Waals surface area (Å²) in [5, 5.41) is 5.70. The first-order chi connectivity index (χ1) is 16.5. The van der Waals surface area contributed by atoms with Gasteiger partial charge in [0.2, 0.25) is 5.91 Å². The van der Waals surface area contributed by atoms with Crippen LogP contribution in [0.15, 0.2) is 65.6 Å². The van der Waals surface area contributed by atoms with Crippen LogP contribution < -0.4 is 29.6 Å². The second-order valence-corrected chi connectivity index (χ2v) is 7.97. The van der Waals surface area contributed by atoms with Gasteiger partial charge in [-0.25, -0.2) is 0 Å². The lowest BCUT2D eigenvalue weighted by Crippen LogP contribution is -2.15. The Bertz CT molecular complexity index is 1150. The van der Waals surface area contributed by atoms with E-state index in [2.05, 4.69) is 10.6 Å². The molecule has 0 spiro atoms. The van der Waals surface area contributed by atoms with Gasteiger partial charge in [-0.2, -0.15) is 0 Å². The van der Waals surface area contributed by atoms with Crippen LogP contribution in [0, 0.1) is 0 Å². The topological polar surface area (TPSA) is 95.1 Å². The van der Waals surface area contributed by atoms with E-state index in [4.69, 9.17) is 18.9 Å². The minimum absolute atomic E-state index is 0.174. The number of amides is 2. The highest BCUT2D eigenvalue weighted by molar-refractivity contribution is 8.00. The van der Waals surface area contributed by atoms with Crippen molar-refractivity contribution in [2.24, 2.45) is 0 Å². The Hall–Kier alpha value is -3.85. The number of methoxy groups -OCH3 is 4. The maximum absolute atomic E-state index is 12.9. The van der Waals surface area contributed by atoms with E-state index < -0.39 is 0 Å². The van der Waals surface area contributed by atoms with E-state index in [1.807, 2.05) is 12.1 Å². The highest BCUT2D eigenvalue weighted by Gasteiger charge is 2.18. The fraction of sp³-hybridized carbons (Fsp3) is 0.200. The van der Waals surface area contributed by atoms with E-state index in [1.165, 1.54) is 33.1 Å². The number of nitrogens with one attached hydrogen (secondary N) is 2. The molecule has 178 valence electrons. The van der Waals surface area contributed by atoms with Gasteiger partial charge in [-0.05, 0) is 42.5 Å². The smallest absolute Gasteiger partial charge is 0.263 e. The number of benzene rings is 3. The third-order valence-electron chi connectivity index (χ3n) is 4.80. The predicted molar refractivity (Wildman–Crippen MR) is 133 cm³/mol. The molecule has 0 saturated heterocycles. The van der Waals surface area contributed by atoms with Crippen LogP contribution in [0.4, 0.5) is 11.4 Å². The molecule has 34 heavy (non-hydrogen) atoms. The van der Waals surface area contributed by atoms with Gasteiger partial charge in [0.15, 0.2) is 0 Å². The second kappa shape index (κ2) is 11.9.